The van der Waals surface area contributed by atoms with Crippen LogP contribution < -0.4 is 5.32 Å². The zero-order chi connectivity index (χ0) is 12.7. The van der Waals surface area contributed by atoms with E-state index >= 15 is 0 Å². The van der Waals surface area contributed by atoms with Gasteiger partial charge in [-0.05, 0) is 28.8 Å². The lowest BCUT2D eigenvalue weighted by Gasteiger charge is -2.16. The molecule has 6 heteroatoms. The highest BCUT2D eigenvalue weighted by molar-refractivity contribution is 7.99. The lowest BCUT2D eigenvalue weighted by Crippen LogP contribution is -2.20. The summed E-state index contributed by atoms with van der Waals surface area (Å²) < 4.78 is 1.87. The standard InChI is InChI=1S/C11H23N5S/c1-5-12-7-8-16-10(13-14-15-16)17-9-6-11(2,3)4/h12H,5-9H2,1-4H3. The second-order valence-corrected chi connectivity index (χ2v) is 6.26. The molecule has 0 saturated heterocycles. The van der Waals surface area contributed by atoms with E-state index in [2.05, 4.69) is 48.5 Å². The van der Waals surface area contributed by atoms with E-state index in [1.807, 2.05) is 4.68 Å². The van der Waals surface area contributed by atoms with Gasteiger partial charge in [0.1, 0.15) is 0 Å². The van der Waals surface area contributed by atoms with Crippen molar-refractivity contribution in [1.29, 1.82) is 0 Å². The summed E-state index contributed by atoms with van der Waals surface area (Å²) in [5.41, 5.74) is 0.370. The van der Waals surface area contributed by atoms with E-state index in [4.69, 9.17) is 0 Å². The van der Waals surface area contributed by atoms with Gasteiger partial charge in [0, 0.05) is 12.3 Å². The van der Waals surface area contributed by atoms with Crippen molar-refractivity contribution >= 4 is 11.8 Å². The Hall–Kier alpha value is -0.620. The molecule has 0 aliphatic rings. The summed E-state index contributed by atoms with van der Waals surface area (Å²) in [5.74, 6) is 1.06. The number of hydrogen-bond donors (Lipinski definition) is 1. The Morgan fingerprint density at radius 2 is 2.12 bits per heavy atom. The lowest BCUT2D eigenvalue weighted by atomic mass is 9.94. The molecule has 0 saturated carbocycles. The molecule has 0 atom stereocenters. The predicted octanol–water partition coefficient (Wildman–Crippen LogP) is 1.81. The summed E-state index contributed by atoms with van der Waals surface area (Å²) in [6, 6.07) is 0. The van der Waals surface area contributed by atoms with Gasteiger partial charge in [-0.2, -0.15) is 0 Å². The molecule has 5 nitrogen and oxygen atoms in total. The summed E-state index contributed by atoms with van der Waals surface area (Å²) in [4.78, 5) is 0. The molecule has 17 heavy (non-hydrogen) atoms. The van der Waals surface area contributed by atoms with Crippen LogP contribution in [-0.2, 0) is 6.54 Å². The van der Waals surface area contributed by atoms with Crippen LogP contribution in [-0.4, -0.2) is 39.0 Å². The highest BCUT2D eigenvalue weighted by Gasteiger charge is 2.12. The fraction of sp³-hybridized carbons (Fsp3) is 0.909. The first-order valence-electron chi connectivity index (χ1n) is 6.12. The molecule has 0 aliphatic heterocycles. The summed E-state index contributed by atoms with van der Waals surface area (Å²) in [6.07, 6.45) is 1.16. The fourth-order valence-electron chi connectivity index (χ4n) is 1.25. The first-order valence-corrected chi connectivity index (χ1v) is 7.11. The van der Waals surface area contributed by atoms with E-state index in [0.717, 1.165) is 37.0 Å². The smallest absolute Gasteiger partial charge is 0.209 e. The van der Waals surface area contributed by atoms with E-state index in [1.54, 1.807) is 11.8 Å². The minimum Gasteiger partial charge on any atom is -0.315 e. The quantitative estimate of drug-likeness (QED) is 0.596. The first kappa shape index (κ1) is 14.4. The molecule has 0 amide bonds. The topological polar surface area (TPSA) is 55.6 Å². The molecule has 1 heterocycles. The van der Waals surface area contributed by atoms with Gasteiger partial charge in [-0.1, -0.05) is 39.5 Å². The van der Waals surface area contributed by atoms with Crippen LogP contribution in [0.15, 0.2) is 5.16 Å². The second-order valence-electron chi connectivity index (χ2n) is 5.20. The van der Waals surface area contributed by atoms with Gasteiger partial charge in [-0.25, -0.2) is 4.68 Å². The highest BCUT2D eigenvalue weighted by atomic mass is 32.2. The largest absolute Gasteiger partial charge is 0.315 e. The summed E-state index contributed by atoms with van der Waals surface area (Å²) in [7, 11) is 0. The van der Waals surface area contributed by atoms with Crippen molar-refractivity contribution in [2.45, 2.75) is 45.8 Å². The van der Waals surface area contributed by atoms with E-state index in [1.165, 1.54) is 0 Å². The number of nitrogens with one attached hydrogen (secondary N) is 1. The molecule has 0 unspecified atom stereocenters. The van der Waals surface area contributed by atoms with Crippen molar-refractivity contribution in [1.82, 2.24) is 25.5 Å². The SMILES string of the molecule is CCNCCn1nnnc1SCCC(C)(C)C. The molecule has 0 spiro atoms. The van der Waals surface area contributed by atoms with Crippen LogP contribution in [0.25, 0.3) is 0 Å². The maximum atomic E-state index is 4.05. The summed E-state index contributed by atoms with van der Waals surface area (Å²) in [5, 5.41) is 16.0. The monoisotopic (exact) mass is 257 g/mol. The molecule has 98 valence electrons. The molecule has 1 N–H and O–H groups in total. The third kappa shape index (κ3) is 6.02. The van der Waals surface area contributed by atoms with Crippen LogP contribution in [0.4, 0.5) is 0 Å². The molecule has 0 bridgehead atoms. The molecule has 0 fully saturated rings. The zero-order valence-electron chi connectivity index (χ0n) is 11.2. The van der Waals surface area contributed by atoms with Gasteiger partial charge in [0.2, 0.25) is 5.16 Å². The van der Waals surface area contributed by atoms with Crippen LogP contribution >= 0.6 is 11.8 Å². The van der Waals surface area contributed by atoms with Crippen LogP contribution in [0.2, 0.25) is 0 Å². The van der Waals surface area contributed by atoms with Gasteiger partial charge in [-0.3, -0.25) is 0 Å². The Labute approximate surface area is 108 Å². The molecule has 1 aromatic heterocycles. The zero-order valence-corrected chi connectivity index (χ0v) is 12.0. The number of tetrazole rings is 1. The molecule has 1 aromatic rings. The maximum Gasteiger partial charge on any atom is 0.209 e. The average Bonchev–Trinajstić information content (AvgIpc) is 2.64. The van der Waals surface area contributed by atoms with Gasteiger partial charge in [0.05, 0.1) is 6.54 Å². The fourth-order valence-corrected chi connectivity index (χ4v) is 2.52. The third-order valence-corrected chi connectivity index (χ3v) is 3.29. The molecular formula is C11H23N5S. The Kier molecular flexibility index (Phi) is 5.91. The Balaban J connectivity index is 2.35. The number of likely N-dealkylation sites (N-methyl/N-ethyl adjacent to an activating group) is 1. The van der Waals surface area contributed by atoms with Crippen molar-refractivity contribution < 1.29 is 0 Å². The molecule has 0 aromatic carbocycles. The molecule has 0 aliphatic carbocycles. The summed E-state index contributed by atoms with van der Waals surface area (Å²) in [6.45, 7) is 11.6. The number of rotatable bonds is 7. The third-order valence-electron chi connectivity index (χ3n) is 2.33. The number of thioether (sulfide) groups is 1. The minimum atomic E-state index is 0.370. The van der Waals surface area contributed by atoms with Crippen molar-refractivity contribution in [2.24, 2.45) is 5.41 Å². The van der Waals surface area contributed by atoms with Gasteiger partial charge >= 0.3 is 0 Å². The van der Waals surface area contributed by atoms with E-state index < -0.39 is 0 Å². The normalized spacial score (nSPS) is 12.0. The average molecular weight is 257 g/mol. The van der Waals surface area contributed by atoms with Crippen molar-refractivity contribution in [3.63, 3.8) is 0 Å². The van der Waals surface area contributed by atoms with E-state index in [-0.39, 0.29) is 0 Å². The Morgan fingerprint density at radius 3 is 2.76 bits per heavy atom. The van der Waals surface area contributed by atoms with E-state index in [0.29, 0.717) is 5.41 Å². The van der Waals surface area contributed by atoms with Gasteiger partial charge in [-0.15, -0.1) is 5.10 Å². The van der Waals surface area contributed by atoms with Gasteiger partial charge < -0.3 is 5.32 Å². The minimum absolute atomic E-state index is 0.370. The Morgan fingerprint density at radius 1 is 1.35 bits per heavy atom. The van der Waals surface area contributed by atoms with Crippen LogP contribution in [0.3, 0.4) is 0 Å². The van der Waals surface area contributed by atoms with Crippen LogP contribution in [0.1, 0.15) is 34.1 Å². The van der Waals surface area contributed by atoms with Gasteiger partial charge in [0.25, 0.3) is 0 Å². The summed E-state index contributed by atoms with van der Waals surface area (Å²) >= 11 is 1.74. The molecular weight excluding hydrogens is 234 g/mol. The van der Waals surface area contributed by atoms with Crippen molar-refractivity contribution in [3.05, 3.63) is 0 Å². The predicted molar refractivity (Wildman–Crippen MR) is 71.2 cm³/mol. The van der Waals surface area contributed by atoms with Crippen LogP contribution in [0.5, 0.6) is 0 Å². The van der Waals surface area contributed by atoms with E-state index in [9.17, 15) is 0 Å². The van der Waals surface area contributed by atoms with Crippen molar-refractivity contribution in [3.8, 4) is 0 Å². The maximum absolute atomic E-state index is 4.05. The number of aromatic nitrogens is 4. The second kappa shape index (κ2) is 6.96. The molecule has 0 radical (unpaired) electrons. The Bertz CT molecular complexity index is 318. The number of hydrogen-bond acceptors (Lipinski definition) is 5. The van der Waals surface area contributed by atoms with Crippen molar-refractivity contribution in [2.75, 3.05) is 18.8 Å². The van der Waals surface area contributed by atoms with Crippen LogP contribution in [0, 0.1) is 5.41 Å². The number of nitrogens with zero attached hydrogens (tertiary/aromatic N) is 4. The highest BCUT2D eigenvalue weighted by Crippen LogP contribution is 2.24. The lowest BCUT2D eigenvalue weighted by molar-refractivity contribution is 0.401. The molecule has 1 rings (SSSR count). The first-order chi connectivity index (χ1) is 8.03. The van der Waals surface area contributed by atoms with Gasteiger partial charge in [0.15, 0.2) is 0 Å².